The van der Waals surface area contributed by atoms with Gasteiger partial charge < -0.3 is 15.4 Å². The molecule has 0 aromatic heterocycles. The van der Waals surface area contributed by atoms with E-state index in [1.807, 2.05) is 0 Å². The molecule has 1 amide bonds. The fourth-order valence-corrected chi connectivity index (χ4v) is 4.18. The van der Waals surface area contributed by atoms with Gasteiger partial charge in [0.1, 0.15) is 0 Å². The molecule has 1 fully saturated rings. The van der Waals surface area contributed by atoms with Crippen molar-refractivity contribution in [2.75, 3.05) is 37.5 Å². The molecule has 0 bridgehead atoms. The molecule has 2 rings (SSSR count). The summed E-state index contributed by atoms with van der Waals surface area (Å²) in [6.07, 6.45) is 0.479. The Morgan fingerprint density at radius 2 is 2.05 bits per heavy atom. The van der Waals surface area contributed by atoms with Crippen LogP contribution in [0, 0.1) is 0 Å². The van der Waals surface area contributed by atoms with E-state index in [-0.39, 0.29) is 23.5 Å². The van der Waals surface area contributed by atoms with E-state index in [9.17, 15) is 13.2 Å². The number of carbonyl (C=O) groups excluding carboxylic acids is 1. The van der Waals surface area contributed by atoms with E-state index in [2.05, 4.69) is 0 Å². The van der Waals surface area contributed by atoms with E-state index in [4.69, 9.17) is 10.5 Å². The lowest BCUT2D eigenvalue weighted by molar-refractivity contribution is 0.0624. The molecular formula is C14H20N2O4S. The van der Waals surface area contributed by atoms with Crippen LogP contribution in [-0.4, -0.2) is 57.0 Å². The SMILES string of the molecule is COCCN(C(=O)c1ccc(N)cc1)C1CCS(=O)(=O)C1. The molecule has 7 heteroatoms. The fraction of sp³-hybridized carbons (Fsp3) is 0.500. The number of anilines is 1. The number of hydrogen-bond donors (Lipinski definition) is 1. The van der Waals surface area contributed by atoms with Crippen molar-refractivity contribution in [2.24, 2.45) is 0 Å². The summed E-state index contributed by atoms with van der Waals surface area (Å²) in [5.74, 6) is -0.0257. The van der Waals surface area contributed by atoms with Gasteiger partial charge >= 0.3 is 0 Å². The van der Waals surface area contributed by atoms with Crippen molar-refractivity contribution in [3.05, 3.63) is 29.8 Å². The van der Waals surface area contributed by atoms with E-state index < -0.39 is 9.84 Å². The van der Waals surface area contributed by atoms with Gasteiger partial charge in [-0.05, 0) is 30.7 Å². The summed E-state index contributed by atoms with van der Waals surface area (Å²) < 4.78 is 28.3. The van der Waals surface area contributed by atoms with Gasteiger partial charge in [-0.3, -0.25) is 4.79 Å². The van der Waals surface area contributed by atoms with E-state index in [0.717, 1.165) is 0 Å². The van der Waals surface area contributed by atoms with Crippen LogP contribution in [-0.2, 0) is 14.6 Å². The highest BCUT2D eigenvalue weighted by atomic mass is 32.2. The van der Waals surface area contributed by atoms with Gasteiger partial charge in [-0.15, -0.1) is 0 Å². The molecule has 0 aliphatic carbocycles. The molecule has 1 aliphatic heterocycles. The molecule has 0 spiro atoms. The third-order valence-corrected chi connectivity index (χ3v) is 5.35. The normalized spacial score (nSPS) is 20.3. The number of methoxy groups -OCH3 is 1. The zero-order valence-corrected chi connectivity index (χ0v) is 12.8. The van der Waals surface area contributed by atoms with E-state index >= 15 is 0 Å². The van der Waals surface area contributed by atoms with Crippen molar-refractivity contribution in [1.29, 1.82) is 0 Å². The number of amides is 1. The van der Waals surface area contributed by atoms with Gasteiger partial charge in [0.2, 0.25) is 0 Å². The highest BCUT2D eigenvalue weighted by Gasteiger charge is 2.34. The Bertz CT molecular complexity index is 598. The average molecular weight is 312 g/mol. The second-order valence-electron chi connectivity index (χ2n) is 5.17. The lowest BCUT2D eigenvalue weighted by atomic mass is 10.1. The van der Waals surface area contributed by atoms with Gasteiger partial charge in [0, 0.05) is 30.9 Å². The van der Waals surface area contributed by atoms with E-state index in [0.29, 0.717) is 30.8 Å². The number of nitrogens with zero attached hydrogens (tertiary/aromatic N) is 1. The first kappa shape index (κ1) is 15.8. The van der Waals surface area contributed by atoms with Crippen LogP contribution in [0.2, 0.25) is 0 Å². The topological polar surface area (TPSA) is 89.7 Å². The van der Waals surface area contributed by atoms with Gasteiger partial charge in [-0.2, -0.15) is 0 Å². The summed E-state index contributed by atoms with van der Waals surface area (Å²) in [5.41, 5.74) is 6.70. The maximum Gasteiger partial charge on any atom is 0.254 e. The van der Waals surface area contributed by atoms with Crippen LogP contribution in [0.5, 0.6) is 0 Å². The van der Waals surface area contributed by atoms with Crippen LogP contribution in [0.25, 0.3) is 0 Å². The third-order valence-electron chi connectivity index (χ3n) is 3.60. The molecule has 6 nitrogen and oxygen atoms in total. The standard InChI is InChI=1S/C14H20N2O4S/c1-20-8-7-16(13-6-9-21(18,19)10-13)14(17)11-2-4-12(15)5-3-11/h2-5,13H,6-10,15H2,1H3. The first-order chi connectivity index (χ1) is 9.93. The van der Waals surface area contributed by atoms with Crippen LogP contribution in [0.3, 0.4) is 0 Å². The summed E-state index contributed by atoms with van der Waals surface area (Å²) in [7, 11) is -1.49. The second-order valence-corrected chi connectivity index (χ2v) is 7.40. The molecule has 1 atom stereocenters. The Balaban J connectivity index is 2.19. The van der Waals surface area contributed by atoms with Crippen LogP contribution < -0.4 is 5.73 Å². The van der Waals surface area contributed by atoms with Crippen molar-refractivity contribution < 1.29 is 17.9 Å². The van der Waals surface area contributed by atoms with Gasteiger partial charge in [0.05, 0.1) is 18.1 Å². The Morgan fingerprint density at radius 1 is 1.38 bits per heavy atom. The summed E-state index contributed by atoms with van der Waals surface area (Å²) in [6, 6.07) is 6.34. The monoisotopic (exact) mass is 312 g/mol. The van der Waals surface area contributed by atoms with Crippen molar-refractivity contribution in [3.8, 4) is 0 Å². The molecule has 0 radical (unpaired) electrons. The highest BCUT2D eigenvalue weighted by molar-refractivity contribution is 7.91. The van der Waals surface area contributed by atoms with Gasteiger partial charge in [0.15, 0.2) is 9.84 Å². The molecule has 0 saturated carbocycles. The molecule has 2 N–H and O–H groups in total. The van der Waals surface area contributed by atoms with Crippen molar-refractivity contribution in [3.63, 3.8) is 0 Å². The maximum absolute atomic E-state index is 12.6. The van der Waals surface area contributed by atoms with Crippen molar-refractivity contribution in [1.82, 2.24) is 4.90 Å². The predicted octanol–water partition coefficient (Wildman–Crippen LogP) is 0.544. The van der Waals surface area contributed by atoms with Gasteiger partial charge in [-0.25, -0.2) is 8.42 Å². The molecule has 1 saturated heterocycles. The molecule has 116 valence electrons. The lowest BCUT2D eigenvalue weighted by Gasteiger charge is -2.28. The molecule has 1 unspecified atom stereocenters. The quantitative estimate of drug-likeness (QED) is 0.802. The Hall–Kier alpha value is -1.60. The smallest absolute Gasteiger partial charge is 0.254 e. The first-order valence-electron chi connectivity index (χ1n) is 6.79. The number of benzene rings is 1. The summed E-state index contributed by atoms with van der Waals surface area (Å²) >= 11 is 0. The van der Waals surface area contributed by atoms with Crippen molar-refractivity contribution >= 4 is 21.4 Å². The Labute approximate surface area is 124 Å². The number of sulfone groups is 1. The molecule has 1 aliphatic rings. The fourth-order valence-electron chi connectivity index (χ4n) is 2.45. The Morgan fingerprint density at radius 3 is 2.57 bits per heavy atom. The number of carbonyl (C=O) groups is 1. The van der Waals surface area contributed by atoms with Crippen LogP contribution >= 0.6 is 0 Å². The number of nitrogen functional groups attached to an aromatic ring is 1. The molecule has 21 heavy (non-hydrogen) atoms. The summed E-state index contributed by atoms with van der Waals surface area (Å²) in [4.78, 5) is 14.2. The van der Waals surface area contributed by atoms with Gasteiger partial charge in [-0.1, -0.05) is 0 Å². The molecule has 1 aromatic rings. The largest absolute Gasteiger partial charge is 0.399 e. The van der Waals surface area contributed by atoms with Crippen LogP contribution in [0.4, 0.5) is 5.69 Å². The second kappa shape index (κ2) is 6.44. The van der Waals surface area contributed by atoms with E-state index in [1.54, 1.807) is 36.3 Å². The van der Waals surface area contributed by atoms with Crippen molar-refractivity contribution in [2.45, 2.75) is 12.5 Å². The number of nitrogens with two attached hydrogens (primary N) is 1. The number of rotatable bonds is 5. The number of ether oxygens (including phenoxy) is 1. The minimum absolute atomic E-state index is 0.0252. The molecular weight excluding hydrogens is 292 g/mol. The third kappa shape index (κ3) is 3.95. The highest BCUT2D eigenvalue weighted by Crippen LogP contribution is 2.20. The average Bonchev–Trinajstić information content (AvgIpc) is 2.80. The Kier molecular flexibility index (Phi) is 4.84. The van der Waals surface area contributed by atoms with Crippen LogP contribution in [0.15, 0.2) is 24.3 Å². The first-order valence-corrected chi connectivity index (χ1v) is 8.61. The number of hydrogen-bond acceptors (Lipinski definition) is 5. The van der Waals surface area contributed by atoms with E-state index in [1.165, 1.54) is 0 Å². The van der Waals surface area contributed by atoms with Gasteiger partial charge in [0.25, 0.3) is 5.91 Å². The predicted molar refractivity (Wildman–Crippen MR) is 80.8 cm³/mol. The van der Waals surface area contributed by atoms with Crippen LogP contribution in [0.1, 0.15) is 16.8 Å². The minimum atomic E-state index is -3.04. The lowest BCUT2D eigenvalue weighted by Crippen LogP contribution is -2.43. The zero-order valence-electron chi connectivity index (χ0n) is 12.0. The molecule has 1 aromatic carbocycles. The molecule has 1 heterocycles. The maximum atomic E-state index is 12.6. The summed E-state index contributed by atoms with van der Waals surface area (Å²) in [5, 5.41) is 0. The minimum Gasteiger partial charge on any atom is -0.399 e. The zero-order chi connectivity index (χ0) is 15.5. The summed E-state index contributed by atoms with van der Waals surface area (Å²) in [6.45, 7) is 0.747.